The summed E-state index contributed by atoms with van der Waals surface area (Å²) in [4.78, 5) is 1.79. The van der Waals surface area contributed by atoms with E-state index < -0.39 is 67.8 Å². The summed E-state index contributed by atoms with van der Waals surface area (Å²) in [6.07, 6.45) is -11.1. The van der Waals surface area contributed by atoms with E-state index in [4.69, 9.17) is 9.47 Å². The van der Waals surface area contributed by atoms with Crippen LogP contribution in [0.3, 0.4) is 0 Å². The summed E-state index contributed by atoms with van der Waals surface area (Å²) in [7, 11) is 0. The molecule has 3 fully saturated rings. The van der Waals surface area contributed by atoms with E-state index in [1.807, 2.05) is 0 Å². The van der Waals surface area contributed by atoms with Gasteiger partial charge in [-0.2, -0.15) is 0 Å². The van der Waals surface area contributed by atoms with Crippen LogP contribution in [0, 0.1) is 0 Å². The highest BCUT2D eigenvalue weighted by Gasteiger charge is 2.52. The van der Waals surface area contributed by atoms with Crippen molar-refractivity contribution in [3.8, 4) is 0 Å². The topological polar surface area (TPSA) is 163 Å². The highest BCUT2D eigenvalue weighted by atomic mass is 16.7. The largest absolute Gasteiger partial charge is 0.394 e. The van der Waals surface area contributed by atoms with Gasteiger partial charge < -0.3 is 45.2 Å². The van der Waals surface area contributed by atoms with Crippen LogP contribution in [-0.4, -0.2) is 122 Å². The van der Waals surface area contributed by atoms with Gasteiger partial charge in [0.25, 0.3) is 0 Å². The van der Waals surface area contributed by atoms with Crippen molar-refractivity contribution in [1.82, 2.24) is 4.90 Å². The van der Waals surface area contributed by atoms with Crippen LogP contribution >= 0.6 is 0 Å². The number of piperidine rings is 1. The smallest absolute Gasteiger partial charge is 0.187 e. The lowest BCUT2D eigenvalue weighted by atomic mass is 9.92. The molecule has 3 aliphatic rings. The van der Waals surface area contributed by atoms with Gasteiger partial charge in [0.2, 0.25) is 0 Å². The van der Waals surface area contributed by atoms with Crippen molar-refractivity contribution >= 4 is 0 Å². The van der Waals surface area contributed by atoms with E-state index in [1.54, 1.807) is 4.90 Å². The van der Waals surface area contributed by atoms with E-state index in [0.29, 0.717) is 13.0 Å². The minimum Gasteiger partial charge on any atom is -0.394 e. The molecule has 10 atom stereocenters. The SMILES string of the molecule is OC[C@H]1O[C@@H](OC2C(O)C(O)CN3CC[C@H](O)C23)[C@H](O)[C@@H](O)[C@H]1O. The minimum absolute atomic E-state index is 0.192. The molecule has 0 aromatic carbocycles. The summed E-state index contributed by atoms with van der Waals surface area (Å²) in [5.41, 5.74) is 0. The van der Waals surface area contributed by atoms with Crippen LogP contribution in [0.1, 0.15) is 6.42 Å². The average Bonchev–Trinajstić information content (AvgIpc) is 2.92. The molecule has 7 N–H and O–H groups in total. The maximum absolute atomic E-state index is 10.2. The summed E-state index contributed by atoms with van der Waals surface area (Å²) >= 11 is 0. The second-order valence-corrected chi connectivity index (χ2v) is 6.70. The highest BCUT2D eigenvalue weighted by Crippen LogP contribution is 2.33. The Morgan fingerprint density at radius 2 is 1.62 bits per heavy atom. The van der Waals surface area contributed by atoms with E-state index in [9.17, 15) is 35.7 Å². The maximum atomic E-state index is 10.2. The van der Waals surface area contributed by atoms with Crippen LogP contribution in [0.4, 0.5) is 0 Å². The second-order valence-electron chi connectivity index (χ2n) is 6.70. The zero-order valence-corrected chi connectivity index (χ0v) is 13.0. The van der Waals surface area contributed by atoms with Gasteiger partial charge in [-0.15, -0.1) is 0 Å². The number of rotatable bonds is 3. The third-order valence-electron chi connectivity index (χ3n) is 5.16. The lowest BCUT2D eigenvalue weighted by Gasteiger charge is -2.47. The van der Waals surface area contributed by atoms with E-state index in [-0.39, 0.29) is 6.54 Å². The van der Waals surface area contributed by atoms with Crippen molar-refractivity contribution in [1.29, 1.82) is 0 Å². The number of nitrogens with zero attached hydrogens (tertiary/aromatic N) is 1. The summed E-state index contributed by atoms with van der Waals surface area (Å²) < 4.78 is 10.9. The molecule has 10 nitrogen and oxygen atoms in total. The number of hydrogen-bond donors (Lipinski definition) is 7. The van der Waals surface area contributed by atoms with Gasteiger partial charge >= 0.3 is 0 Å². The first kappa shape index (κ1) is 18.4. The fourth-order valence-corrected chi connectivity index (χ4v) is 3.77. The molecule has 3 saturated heterocycles. The van der Waals surface area contributed by atoms with Crippen molar-refractivity contribution in [3.63, 3.8) is 0 Å². The predicted molar refractivity (Wildman–Crippen MR) is 76.6 cm³/mol. The molecule has 3 heterocycles. The van der Waals surface area contributed by atoms with Crippen LogP contribution in [0.25, 0.3) is 0 Å². The Balaban J connectivity index is 1.77. The molecule has 3 rings (SSSR count). The third kappa shape index (κ3) is 3.07. The molecule has 140 valence electrons. The molecular formula is C14H25NO9. The molecule has 0 radical (unpaired) electrons. The molecule has 0 bridgehead atoms. The van der Waals surface area contributed by atoms with Crippen LogP contribution in [0.2, 0.25) is 0 Å². The van der Waals surface area contributed by atoms with Gasteiger partial charge in [0.05, 0.1) is 24.9 Å². The summed E-state index contributed by atoms with van der Waals surface area (Å²) in [5, 5.41) is 69.2. The van der Waals surface area contributed by atoms with Gasteiger partial charge in [0.1, 0.15) is 36.6 Å². The van der Waals surface area contributed by atoms with Crippen molar-refractivity contribution in [2.75, 3.05) is 19.7 Å². The zero-order chi connectivity index (χ0) is 17.6. The molecule has 0 saturated carbocycles. The van der Waals surface area contributed by atoms with E-state index >= 15 is 0 Å². The van der Waals surface area contributed by atoms with Gasteiger partial charge in [-0.3, -0.25) is 4.90 Å². The van der Waals surface area contributed by atoms with Gasteiger partial charge in [-0.25, -0.2) is 0 Å². The van der Waals surface area contributed by atoms with Crippen molar-refractivity contribution < 1.29 is 45.2 Å². The fraction of sp³-hybridized carbons (Fsp3) is 1.00. The molecule has 24 heavy (non-hydrogen) atoms. The van der Waals surface area contributed by atoms with E-state index in [2.05, 4.69) is 0 Å². The number of fused-ring (bicyclic) bond motifs is 1. The predicted octanol–water partition coefficient (Wildman–Crippen LogP) is -4.66. The Hall–Kier alpha value is -0.400. The van der Waals surface area contributed by atoms with Crippen LogP contribution in [0.5, 0.6) is 0 Å². The molecule has 0 aromatic rings. The van der Waals surface area contributed by atoms with Gasteiger partial charge in [0, 0.05) is 13.1 Å². The van der Waals surface area contributed by atoms with Gasteiger partial charge in [-0.1, -0.05) is 0 Å². The Bertz CT molecular complexity index is 438. The third-order valence-corrected chi connectivity index (χ3v) is 5.16. The zero-order valence-electron chi connectivity index (χ0n) is 13.0. The molecule has 3 aliphatic heterocycles. The summed E-state index contributed by atoms with van der Waals surface area (Å²) in [5.74, 6) is 0. The molecule has 0 aromatic heterocycles. The van der Waals surface area contributed by atoms with Gasteiger partial charge in [0.15, 0.2) is 6.29 Å². The van der Waals surface area contributed by atoms with Crippen LogP contribution in [0.15, 0.2) is 0 Å². The number of hydrogen-bond acceptors (Lipinski definition) is 10. The van der Waals surface area contributed by atoms with E-state index in [1.165, 1.54) is 0 Å². The number of aliphatic hydroxyl groups is 7. The molecule has 0 aliphatic carbocycles. The van der Waals surface area contributed by atoms with Crippen LogP contribution in [-0.2, 0) is 9.47 Å². The lowest BCUT2D eigenvalue weighted by molar-refractivity contribution is -0.328. The minimum atomic E-state index is -1.61. The van der Waals surface area contributed by atoms with Crippen molar-refractivity contribution in [2.24, 2.45) is 0 Å². The normalized spacial score (nSPS) is 53.1. The number of ether oxygens (including phenoxy) is 2. The second kappa shape index (κ2) is 7.08. The monoisotopic (exact) mass is 351 g/mol. The average molecular weight is 351 g/mol. The van der Waals surface area contributed by atoms with Gasteiger partial charge in [-0.05, 0) is 6.42 Å². The Kier molecular flexibility index (Phi) is 5.42. The Labute approximate surface area is 138 Å². The Morgan fingerprint density at radius 1 is 0.917 bits per heavy atom. The van der Waals surface area contributed by atoms with Crippen molar-refractivity contribution in [3.05, 3.63) is 0 Å². The molecule has 0 spiro atoms. The fourth-order valence-electron chi connectivity index (χ4n) is 3.77. The summed E-state index contributed by atoms with van der Waals surface area (Å²) in [6, 6.07) is -0.587. The first-order valence-electron chi connectivity index (χ1n) is 8.09. The molecule has 10 heteroatoms. The first-order chi connectivity index (χ1) is 11.3. The lowest BCUT2D eigenvalue weighted by Crippen LogP contribution is -2.66. The number of aliphatic hydroxyl groups excluding tert-OH is 7. The molecule has 4 unspecified atom stereocenters. The molecule has 0 amide bonds. The summed E-state index contributed by atoms with van der Waals surface area (Å²) in [6.45, 7) is 0.125. The Morgan fingerprint density at radius 3 is 2.29 bits per heavy atom. The molecular weight excluding hydrogens is 326 g/mol. The highest BCUT2D eigenvalue weighted by molar-refractivity contribution is 5.03. The van der Waals surface area contributed by atoms with Crippen LogP contribution < -0.4 is 0 Å². The maximum Gasteiger partial charge on any atom is 0.187 e. The van der Waals surface area contributed by atoms with E-state index in [0.717, 1.165) is 0 Å². The quantitative estimate of drug-likeness (QED) is 0.263. The van der Waals surface area contributed by atoms with Crippen molar-refractivity contribution in [2.45, 2.75) is 67.6 Å². The standard InChI is InChI=1S/C14H25NO9/c16-4-7-10(20)11(21)12(22)14(23-7)24-13-8-5(17)1-2-15(8)3-6(18)9(13)19/h5-14,16-22H,1-4H2/t5-,6?,7+,8?,9?,10-,11-,12+,13?,14-/m0/s1. The first-order valence-corrected chi connectivity index (χ1v) is 8.09.